The van der Waals surface area contributed by atoms with E-state index in [4.69, 9.17) is 37.8 Å². The number of carboxylic acids is 1. The van der Waals surface area contributed by atoms with Crippen LogP contribution in [0.25, 0.3) is 11.1 Å². The summed E-state index contributed by atoms with van der Waals surface area (Å²) in [4.78, 5) is 23.2. The highest BCUT2D eigenvalue weighted by Crippen LogP contribution is 2.27. The van der Waals surface area contributed by atoms with Crippen LogP contribution < -0.4 is 10.1 Å². The molecule has 0 fully saturated rings. The van der Waals surface area contributed by atoms with E-state index in [0.717, 1.165) is 16.7 Å². The minimum atomic E-state index is -0.889. The van der Waals surface area contributed by atoms with Crippen molar-refractivity contribution in [1.82, 2.24) is 5.32 Å². The molecule has 2 N–H and O–H groups in total. The van der Waals surface area contributed by atoms with Crippen molar-refractivity contribution in [2.24, 2.45) is 0 Å². The van der Waals surface area contributed by atoms with Gasteiger partial charge in [-0.3, -0.25) is 4.79 Å². The minimum absolute atomic E-state index is 0.00931. The number of nitrogens with one attached hydrogen (secondary N) is 1. The van der Waals surface area contributed by atoms with Gasteiger partial charge in [0.2, 0.25) is 0 Å². The van der Waals surface area contributed by atoms with Gasteiger partial charge in [-0.15, -0.1) is 0 Å². The first kappa shape index (κ1) is 23.4. The second-order valence-corrected chi connectivity index (χ2v) is 7.81. The molecule has 166 valence electrons. The second-order valence-electron chi connectivity index (χ2n) is 6.96. The first-order chi connectivity index (χ1) is 15.4. The predicted octanol–water partition coefficient (Wildman–Crippen LogP) is 5.72. The van der Waals surface area contributed by atoms with Gasteiger partial charge in [0.25, 0.3) is 0 Å². The number of alkyl carbamates (subject to hydrolysis) is 1. The molecular weight excluding hydrogens is 453 g/mol. The van der Waals surface area contributed by atoms with E-state index in [1.54, 1.807) is 37.4 Å². The summed E-state index contributed by atoms with van der Waals surface area (Å²) < 4.78 is 10.6. The number of hydrogen-bond acceptors (Lipinski definition) is 4. The smallest absolute Gasteiger partial charge is 0.407 e. The molecule has 0 unspecified atom stereocenters. The van der Waals surface area contributed by atoms with E-state index in [1.165, 1.54) is 0 Å². The van der Waals surface area contributed by atoms with Crippen LogP contribution in [0.3, 0.4) is 0 Å². The van der Waals surface area contributed by atoms with Crippen molar-refractivity contribution in [2.75, 3.05) is 7.11 Å². The third-order valence-electron chi connectivity index (χ3n) is 4.69. The molecule has 0 heterocycles. The zero-order chi connectivity index (χ0) is 23.1. The molecule has 1 amide bonds. The largest absolute Gasteiger partial charge is 0.496 e. The lowest BCUT2D eigenvalue weighted by molar-refractivity contribution is -0.136. The van der Waals surface area contributed by atoms with Crippen molar-refractivity contribution >= 4 is 35.3 Å². The molecule has 0 aliphatic carbocycles. The van der Waals surface area contributed by atoms with Gasteiger partial charge in [0.1, 0.15) is 12.4 Å². The van der Waals surface area contributed by atoms with Gasteiger partial charge in [0.15, 0.2) is 0 Å². The second kappa shape index (κ2) is 10.9. The van der Waals surface area contributed by atoms with E-state index in [-0.39, 0.29) is 19.6 Å². The van der Waals surface area contributed by atoms with Crippen LogP contribution in [-0.2, 0) is 29.1 Å². The van der Waals surface area contributed by atoms with E-state index in [2.05, 4.69) is 5.32 Å². The predicted molar refractivity (Wildman–Crippen MR) is 123 cm³/mol. The third kappa shape index (κ3) is 6.39. The Morgan fingerprint density at radius 1 is 0.969 bits per heavy atom. The number of hydrogen-bond donors (Lipinski definition) is 2. The lowest BCUT2D eigenvalue weighted by Crippen LogP contribution is -2.24. The monoisotopic (exact) mass is 473 g/mol. The number of amides is 1. The molecule has 8 heteroatoms. The van der Waals surface area contributed by atoms with Gasteiger partial charge in [-0.1, -0.05) is 59.6 Å². The Labute approximate surface area is 195 Å². The number of carbonyl (C=O) groups is 2. The Balaban J connectivity index is 1.68. The number of halogens is 2. The summed E-state index contributed by atoms with van der Waals surface area (Å²) in [7, 11) is 1.55. The van der Waals surface area contributed by atoms with Gasteiger partial charge in [-0.25, -0.2) is 4.79 Å². The third-order valence-corrected chi connectivity index (χ3v) is 5.28. The average molecular weight is 474 g/mol. The first-order valence-electron chi connectivity index (χ1n) is 9.68. The molecular formula is C24H21Cl2NO5. The van der Waals surface area contributed by atoms with Crippen molar-refractivity contribution in [3.05, 3.63) is 87.4 Å². The SMILES string of the molecule is COc1ccc(-c2cccc(CC(=O)O)c2)cc1CNC(=O)OCc1ccc(Cl)cc1Cl. The van der Waals surface area contributed by atoms with Crippen LogP contribution in [0.5, 0.6) is 5.75 Å². The molecule has 0 saturated heterocycles. The van der Waals surface area contributed by atoms with E-state index in [9.17, 15) is 9.59 Å². The van der Waals surface area contributed by atoms with Gasteiger partial charge in [0, 0.05) is 27.7 Å². The zero-order valence-corrected chi connectivity index (χ0v) is 18.7. The average Bonchev–Trinajstić information content (AvgIpc) is 2.76. The summed E-state index contributed by atoms with van der Waals surface area (Å²) >= 11 is 12.0. The lowest BCUT2D eigenvalue weighted by Gasteiger charge is -2.13. The fourth-order valence-corrected chi connectivity index (χ4v) is 3.60. The van der Waals surface area contributed by atoms with Crippen molar-refractivity contribution in [3.63, 3.8) is 0 Å². The number of ether oxygens (including phenoxy) is 2. The topological polar surface area (TPSA) is 84.9 Å². The highest BCUT2D eigenvalue weighted by atomic mass is 35.5. The highest BCUT2D eigenvalue weighted by Gasteiger charge is 2.11. The van der Waals surface area contributed by atoms with E-state index in [1.807, 2.05) is 30.3 Å². The number of carboxylic acid groups (broad SMARTS) is 1. The summed E-state index contributed by atoms with van der Waals surface area (Å²) in [5.74, 6) is -0.281. The van der Waals surface area contributed by atoms with E-state index in [0.29, 0.717) is 26.9 Å². The number of rotatable bonds is 8. The van der Waals surface area contributed by atoms with Crippen LogP contribution in [0.15, 0.2) is 60.7 Å². The van der Waals surface area contributed by atoms with Gasteiger partial charge >= 0.3 is 12.1 Å². The fraction of sp³-hybridized carbons (Fsp3) is 0.167. The van der Waals surface area contributed by atoms with Gasteiger partial charge in [-0.2, -0.15) is 0 Å². The Kier molecular flexibility index (Phi) is 7.98. The molecule has 3 aromatic carbocycles. The number of carbonyl (C=O) groups excluding carboxylic acids is 1. The molecule has 0 bridgehead atoms. The molecule has 0 aliphatic heterocycles. The molecule has 0 atom stereocenters. The summed E-state index contributed by atoms with van der Waals surface area (Å²) in [6, 6.07) is 17.8. The summed E-state index contributed by atoms with van der Waals surface area (Å²) in [6.07, 6.45) is -0.658. The van der Waals surface area contributed by atoms with Crippen molar-refractivity contribution in [1.29, 1.82) is 0 Å². The normalized spacial score (nSPS) is 10.5. The van der Waals surface area contributed by atoms with Crippen LogP contribution in [0.1, 0.15) is 16.7 Å². The molecule has 0 saturated carbocycles. The minimum Gasteiger partial charge on any atom is -0.496 e. The lowest BCUT2D eigenvalue weighted by atomic mass is 9.99. The first-order valence-corrected chi connectivity index (χ1v) is 10.4. The number of methoxy groups -OCH3 is 1. The summed E-state index contributed by atoms with van der Waals surface area (Å²) in [6.45, 7) is 0.189. The van der Waals surface area contributed by atoms with Crippen molar-refractivity contribution in [3.8, 4) is 16.9 Å². The van der Waals surface area contributed by atoms with E-state index < -0.39 is 12.1 Å². The highest BCUT2D eigenvalue weighted by molar-refractivity contribution is 6.35. The molecule has 0 aliphatic rings. The number of benzene rings is 3. The number of aliphatic carboxylic acids is 1. The molecule has 3 rings (SSSR count). The maximum absolute atomic E-state index is 12.2. The molecule has 3 aromatic rings. The quantitative estimate of drug-likeness (QED) is 0.436. The fourth-order valence-electron chi connectivity index (χ4n) is 3.13. The Bertz CT molecular complexity index is 1130. The van der Waals surface area contributed by atoms with E-state index >= 15 is 0 Å². The van der Waals surface area contributed by atoms with Crippen molar-refractivity contribution < 1.29 is 24.2 Å². The summed E-state index contributed by atoms with van der Waals surface area (Å²) in [5.41, 5.74) is 3.83. The molecule has 6 nitrogen and oxygen atoms in total. The Morgan fingerprint density at radius 2 is 1.75 bits per heavy atom. The Morgan fingerprint density at radius 3 is 2.47 bits per heavy atom. The van der Waals surface area contributed by atoms with Gasteiger partial charge in [-0.05, 0) is 41.0 Å². The summed E-state index contributed by atoms with van der Waals surface area (Å²) in [5, 5.41) is 12.7. The van der Waals surface area contributed by atoms with Crippen LogP contribution in [0.4, 0.5) is 4.79 Å². The van der Waals surface area contributed by atoms with Crippen LogP contribution in [0, 0.1) is 0 Å². The maximum atomic E-state index is 12.2. The molecule has 0 radical (unpaired) electrons. The molecule has 32 heavy (non-hydrogen) atoms. The zero-order valence-electron chi connectivity index (χ0n) is 17.2. The van der Waals surface area contributed by atoms with Crippen LogP contribution in [-0.4, -0.2) is 24.3 Å². The standard InChI is InChI=1S/C24H21Cl2NO5/c1-31-22-8-6-17(16-4-2-3-15(9-16)10-23(28)29)11-19(22)13-27-24(30)32-14-18-5-7-20(25)12-21(18)26/h2-9,11-12H,10,13-14H2,1H3,(H,27,30)(H,28,29). The van der Waals surface area contributed by atoms with Crippen LogP contribution >= 0.6 is 23.2 Å². The van der Waals surface area contributed by atoms with Gasteiger partial charge in [0.05, 0.1) is 13.5 Å². The Hall–Kier alpha value is -3.22. The van der Waals surface area contributed by atoms with Crippen molar-refractivity contribution in [2.45, 2.75) is 19.6 Å². The molecule has 0 aromatic heterocycles. The molecule has 0 spiro atoms. The maximum Gasteiger partial charge on any atom is 0.407 e. The van der Waals surface area contributed by atoms with Gasteiger partial charge < -0.3 is 19.9 Å². The van der Waals surface area contributed by atoms with Crippen LogP contribution in [0.2, 0.25) is 10.0 Å².